The van der Waals surface area contributed by atoms with Crippen LogP contribution in [0.4, 0.5) is 0 Å². The first-order valence-corrected chi connectivity index (χ1v) is 8.71. The van der Waals surface area contributed by atoms with Crippen LogP contribution in [0.5, 0.6) is 0 Å². The summed E-state index contributed by atoms with van der Waals surface area (Å²) in [4.78, 5) is 2.37. The van der Waals surface area contributed by atoms with Gasteiger partial charge in [-0.25, -0.2) is 0 Å². The Kier molecular flexibility index (Phi) is 8.18. The SMILES string of the molecule is CSCC(C)N(C)CCn1cc(CNCC(C)C)nn1. The predicted octanol–water partition coefficient (Wildman–Crippen LogP) is 1.71. The lowest BCUT2D eigenvalue weighted by molar-refractivity contribution is 0.261. The molecule has 1 atom stereocenters. The second-order valence-corrected chi connectivity index (χ2v) is 6.69. The molecule has 1 rings (SSSR count). The molecule has 0 saturated heterocycles. The molecule has 0 fully saturated rings. The molecule has 20 heavy (non-hydrogen) atoms. The highest BCUT2D eigenvalue weighted by Crippen LogP contribution is 2.03. The highest BCUT2D eigenvalue weighted by Gasteiger charge is 2.08. The van der Waals surface area contributed by atoms with E-state index >= 15 is 0 Å². The third kappa shape index (κ3) is 6.72. The summed E-state index contributed by atoms with van der Waals surface area (Å²) in [5.41, 5.74) is 1.02. The van der Waals surface area contributed by atoms with Gasteiger partial charge in [0.05, 0.1) is 12.2 Å². The van der Waals surface area contributed by atoms with Crippen molar-refractivity contribution in [2.45, 2.75) is 39.9 Å². The molecular weight excluding hydrogens is 270 g/mol. The summed E-state index contributed by atoms with van der Waals surface area (Å²) in [6, 6.07) is 0.598. The minimum atomic E-state index is 0.598. The maximum absolute atomic E-state index is 4.20. The molecule has 0 aliphatic carbocycles. The molecule has 0 radical (unpaired) electrons. The third-order valence-corrected chi connectivity index (χ3v) is 4.10. The molecule has 1 heterocycles. The van der Waals surface area contributed by atoms with E-state index in [1.54, 1.807) is 0 Å². The summed E-state index contributed by atoms with van der Waals surface area (Å²) in [6.45, 7) is 10.4. The molecule has 0 aliphatic rings. The first kappa shape index (κ1) is 17.5. The van der Waals surface area contributed by atoms with Crippen molar-refractivity contribution in [2.75, 3.05) is 32.1 Å². The van der Waals surface area contributed by atoms with Crippen LogP contribution in [-0.2, 0) is 13.1 Å². The zero-order valence-corrected chi connectivity index (χ0v) is 14.3. The molecule has 0 bridgehead atoms. The summed E-state index contributed by atoms with van der Waals surface area (Å²) in [6.07, 6.45) is 4.19. The number of likely N-dealkylation sites (N-methyl/N-ethyl adjacent to an activating group) is 1. The molecule has 6 heteroatoms. The molecule has 1 N–H and O–H groups in total. The largest absolute Gasteiger partial charge is 0.311 e. The van der Waals surface area contributed by atoms with Crippen molar-refractivity contribution in [1.29, 1.82) is 0 Å². The van der Waals surface area contributed by atoms with E-state index in [0.717, 1.165) is 37.6 Å². The monoisotopic (exact) mass is 299 g/mol. The van der Waals surface area contributed by atoms with Crippen molar-refractivity contribution in [3.63, 3.8) is 0 Å². The maximum atomic E-state index is 4.20. The van der Waals surface area contributed by atoms with Crippen LogP contribution in [0.3, 0.4) is 0 Å². The summed E-state index contributed by atoms with van der Waals surface area (Å²) in [5, 5.41) is 11.8. The molecule has 5 nitrogen and oxygen atoms in total. The number of hydrogen-bond donors (Lipinski definition) is 1. The van der Waals surface area contributed by atoms with Gasteiger partial charge in [0.1, 0.15) is 0 Å². The Bertz CT molecular complexity index is 366. The number of nitrogens with one attached hydrogen (secondary N) is 1. The minimum Gasteiger partial charge on any atom is -0.311 e. The van der Waals surface area contributed by atoms with Gasteiger partial charge in [0.15, 0.2) is 0 Å². The van der Waals surface area contributed by atoms with Crippen LogP contribution >= 0.6 is 11.8 Å². The Hall–Kier alpha value is -0.590. The van der Waals surface area contributed by atoms with E-state index in [1.807, 2.05) is 22.6 Å². The molecule has 0 saturated carbocycles. The first-order chi connectivity index (χ1) is 9.52. The Morgan fingerprint density at radius 3 is 2.80 bits per heavy atom. The number of rotatable bonds is 10. The van der Waals surface area contributed by atoms with E-state index in [1.165, 1.54) is 0 Å². The molecule has 1 unspecified atom stereocenters. The fourth-order valence-electron chi connectivity index (χ4n) is 1.87. The molecule has 0 aromatic carbocycles. The van der Waals surface area contributed by atoms with Crippen molar-refractivity contribution in [3.05, 3.63) is 11.9 Å². The molecule has 0 amide bonds. The fraction of sp³-hybridized carbons (Fsp3) is 0.857. The summed E-state index contributed by atoms with van der Waals surface area (Å²) < 4.78 is 1.94. The number of aromatic nitrogens is 3. The van der Waals surface area contributed by atoms with Crippen molar-refractivity contribution in [2.24, 2.45) is 5.92 Å². The maximum Gasteiger partial charge on any atom is 0.0964 e. The summed E-state index contributed by atoms with van der Waals surface area (Å²) in [7, 11) is 2.17. The van der Waals surface area contributed by atoms with Gasteiger partial charge < -0.3 is 10.2 Å². The second-order valence-electron chi connectivity index (χ2n) is 5.78. The summed E-state index contributed by atoms with van der Waals surface area (Å²) in [5.74, 6) is 1.83. The van der Waals surface area contributed by atoms with Gasteiger partial charge in [0.2, 0.25) is 0 Å². The number of hydrogen-bond acceptors (Lipinski definition) is 5. The highest BCUT2D eigenvalue weighted by atomic mass is 32.2. The van der Waals surface area contributed by atoms with Crippen LogP contribution in [-0.4, -0.2) is 58.1 Å². The molecule has 116 valence electrons. The quantitative estimate of drug-likeness (QED) is 0.712. The number of thioether (sulfide) groups is 1. The smallest absolute Gasteiger partial charge is 0.0964 e. The minimum absolute atomic E-state index is 0.598. The van der Waals surface area contributed by atoms with Crippen LogP contribution in [0.1, 0.15) is 26.5 Å². The molecule has 1 aromatic rings. The predicted molar refractivity (Wildman–Crippen MR) is 87.0 cm³/mol. The molecule has 0 spiro atoms. The fourth-order valence-corrected chi connectivity index (χ4v) is 2.60. The third-order valence-electron chi connectivity index (χ3n) is 3.29. The lowest BCUT2D eigenvalue weighted by Crippen LogP contribution is -2.33. The van der Waals surface area contributed by atoms with Gasteiger partial charge in [0.25, 0.3) is 0 Å². The van der Waals surface area contributed by atoms with Gasteiger partial charge in [-0.1, -0.05) is 19.1 Å². The van der Waals surface area contributed by atoms with Gasteiger partial charge in [-0.3, -0.25) is 4.68 Å². The van der Waals surface area contributed by atoms with E-state index in [4.69, 9.17) is 0 Å². The Morgan fingerprint density at radius 1 is 1.40 bits per heavy atom. The Labute approximate surface area is 127 Å². The van der Waals surface area contributed by atoms with Crippen molar-refractivity contribution < 1.29 is 0 Å². The topological polar surface area (TPSA) is 46.0 Å². The van der Waals surface area contributed by atoms with Crippen LogP contribution in [0.2, 0.25) is 0 Å². The van der Waals surface area contributed by atoms with Crippen molar-refractivity contribution >= 4 is 11.8 Å². The van der Waals surface area contributed by atoms with Crippen molar-refractivity contribution in [1.82, 2.24) is 25.2 Å². The van der Waals surface area contributed by atoms with Crippen LogP contribution < -0.4 is 5.32 Å². The van der Waals surface area contributed by atoms with E-state index in [2.05, 4.69) is 54.6 Å². The van der Waals surface area contributed by atoms with E-state index in [9.17, 15) is 0 Å². The zero-order valence-electron chi connectivity index (χ0n) is 13.5. The standard InChI is InChI=1S/C14H29N5S/c1-12(2)8-15-9-14-10-19(17-16-14)7-6-18(4)13(3)11-20-5/h10,12-13,15H,6-9,11H2,1-5H3. The normalized spacial score (nSPS) is 13.3. The second kappa shape index (κ2) is 9.37. The average molecular weight is 299 g/mol. The average Bonchev–Trinajstić information content (AvgIpc) is 2.83. The van der Waals surface area contributed by atoms with E-state index in [0.29, 0.717) is 12.0 Å². The molecular formula is C14H29N5S. The first-order valence-electron chi connectivity index (χ1n) is 7.31. The van der Waals surface area contributed by atoms with E-state index < -0.39 is 0 Å². The van der Waals surface area contributed by atoms with Crippen molar-refractivity contribution in [3.8, 4) is 0 Å². The van der Waals surface area contributed by atoms with E-state index in [-0.39, 0.29) is 0 Å². The van der Waals surface area contributed by atoms with Gasteiger partial charge in [0, 0.05) is 31.1 Å². The van der Waals surface area contributed by atoms with Gasteiger partial charge in [-0.2, -0.15) is 11.8 Å². The molecule has 0 aliphatic heterocycles. The van der Waals surface area contributed by atoms with Gasteiger partial charge in [-0.15, -0.1) is 5.10 Å². The van der Waals surface area contributed by atoms with Crippen LogP contribution in [0.25, 0.3) is 0 Å². The lowest BCUT2D eigenvalue weighted by Gasteiger charge is -2.23. The van der Waals surface area contributed by atoms with Gasteiger partial charge >= 0.3 is 0 Å². The van der Waals surface area contributed by atoms with Crippen LogP contribution in [0, 0.1) is 5.92 Å². The number of nitrogens with zero attached hydrogens (tertiary/aromatic N) is 4. The Morgan fingerprint density at radius 2 is 2.15 bits per heavy atom. The lowest BCUT2D eigenvalue weighted by atomic mass is 10.2. The zero-order chi connectivity index (χ0) is 15.0. The highest BCUT2D eigenvalue weighted by molar-refractivity contribution is 7.98. The van der Waals surface area contributed by atoms with Crippen LogP contribution in [0.15, 0.2) is 6.20 Å². The molecule has 1 aromatic heterocycles. The van der Waals surface area contributed by atoms with Gasteiger partial charge in [-0.05, 0) is 32.7 Å². The Balaban J connectivity index is 2.29. The summed E-state index contributed by atoms with van der Waals surface area (Å²) >= 11 is 1.89.